The van der Waals surface area contributed by atoms with E-state index in [1.54, 1.807) is 11.1 Å². The van der Waals surface area contributed by atoms with E-state index in [1.807, 2.05) is 0 Å². The number of aryl methyl sites for hydroxylation is 2. The molecular formula is C21H30N4. The first-order valence-electron chi connectivity index (χ1n) is 9.71. The monoisotopic (exact) mass is 338 g/mol. The fourth-order valence-corrected chi connectivity index (χ4v) is 4.57. The van der Waals surface area contributed by atoms with Crippen molar-refractivity contribution in [1.82, 2.24) is 19.6 Å². The van der Waals surface area contributed by atoms with E-state index in [1.165, 1.54) is 56.0 Å². The topological polar surface area (TPSA) is 24.3 Å². The lowest BCUT2D eigenvalue weighted by Crippen LogP contribution is -2.50. The van der Waals surface area contributed by atoms with Crippen LogP contribution in [0.5, 0.6) is 0 Å². The van der Waals surface area contributed by atoms with Crippen LogP contribution in [0.25, 0.3) is 0 Å². The van der Waals surface area contributed by atoms with Gasteiger partial charge in [-0.25, -0.2) is 0 Å². The van der Waals surface area contributed by atoms with Crippen LogP contribution in [-0.2, 0) is 25.9 Å². The van der Waals surface area contributed by atoms with Gasteiger partial charge in [-0.15, -0.1) is 0 Å². The molecule has 1 aromatic carbocycles. The summed E-state index contributed by atoms with van der Waals surface area (Å²) in [5.74, 6) is 0. The third kappa shape index (κ3) is 3.25. The molecule has 4 heteroatoms. The molecule has 134 valence electrons. The van der Waals surface area contributed by atoms with E-state index in [0.29, 0.717) is 6.04 Å². The molecule has 0 spiro atoms. The van der Waals surface area contributed by atoms with Crippen molar-refractivity contribution >= 4 is 0 Å². The zero-order chi connectivity index (χ0) is 17.4. The summed E-state index contributed by atoms with van der Waals surface area (Å²) in [6, 6.07) is 9.69. The molecule has 0 atom stereocenters. The van der Waals surface area contributed by atoms with Gasteiger partial charge in [-0.1, -0.05) is 24.3 Å². The fourth-order valence-electron chi connectivity index (χ4n) is 4.57. The Kier molecular flexibility index (Phi) is 4.65. The molecule has 4 nitrogen and oxygen atoms in total. The Bertz CT molecular complexity index is 715. The van der Waals surface area contributed by atoms with Gasteiger partial charge in [0.25, 0.3) is 0 Å². The Hall–Kier alpha value is -1.65. The van der Waals surface area contributed by atoms with Crippen LogP contribution in [0, 0.1) is 13.8 Å². The number of benzene rings is 1. The molecule has 0 saturated carbocycles. The molecular weight excluding hydrogens is 308 g/mol. The molecule has 0 unspecified atom stereocenters. The van der Waals surface area contributed by atoms with Crippen LogP contribution in [-0.4, -0.2) is 51.8 Å². The number of aromatic nitrogens is 2. The second-order valence-corrected chi connectivity index (χ2v) is 7.61. The van der Waals surface area contributed by atoms with Crippen molar-refractivity contribution in [3.05, 3.63) is 52.3 Å². The van der Waals surface area contributed by atoms with E-state index in [4.69, 9.17) is 0 Å². The Labute approximate surface area is 151 Å². The average Bonchev–Trinajstić information content (AvgIpc) is 3.18. The molecule has 2 aromatic rings. The maximum Gasteiger partial charge on any atom is 0.0641 e. The number of fused-ring (bicyclic) bond motifs is 1. The summed E-state index contributed by atoms with van der Waals surface area (Å²) < 4.78 is 2.14. The highest BCUT2D eigenvalue weighted by molar-refractivity contribution is 5.33. The van der Waals surface area contributed by atoms with Crippen LogP contribution in [0.1, 0.15) is 35.0 Å². The quantitative estimate of drug-likeness (QED) is 0.857. The van der Waals surface area contributed by atoms with Gasteiger partial charge in [0.15, 0.2) is 0 Å². The van der Waals surface area contributed by atoms with E-state index in [9.17, 15) is 0 Å². The summed E-state index contributed by atoms with van der Waals surface area (Å²) in [5.41, 5.74) is 7.10. The van der Waals surface area contributed by atoms with Gasteiger partial charge in [0.05, 0.1) is 5.69 Å². The van der Waals surface area contributed by atoms with E-state index in [-0.39, 0.29) is 0 Å². The Morgan fingerprint density at radius 3 is 2.20 bits per heavy atom. The molecule has 0 radical (unpaired) electrons. The van der Waals surface area contributed by atoms with Gasteiger partial charge in [0.1, 0.15) is 0 Å². The number of hydrogen-bond donors (Lipinski definition) is 0. The van der Waals surface area contributed by atoms with Gasteiger partial charge < -0.3 is 0 Å². The van der Waals surface area contributed by atoms with Crippen LogP contribution in [0.2, 0.25) is 0 Å². The lowest BCUT2D eigenvalue weighted by Gasteiger charge is -2.38. The largest absolute Gasteiger partial charge is 0.297 e. The van der Waals surface area contributed by atoms with Crippen LogP contribution in [0.3, 0.4) is 0 Å². The molecule has 1 aromatic heterocycles. The molecule has 1 aliphatic carbocycles. The summed E-state index contributed by atoms with van der Waals surface area (Å²) in [6.07, 6.45) is 2.47. The molecule has 1 saturated heterocycles. The number of hydrogen-bond acceptors (Lipinski definition) is 3. The highest BCUT2D eigenvalue weighted by Crippen LogP contribution is 2.26. The molecule has 0 N–H and O–H groups in total. The highest BCUT2D eigenvalue weighted by Gasteiger charge is 2.29. The first-order chi connectivity index (χ1) is 12.2. The second-order valence-electron chi connectivity index (χ2n) is 7.61. The fraction of sp³-hybridized carbons (Fsp3) is 0.571. The molecule has 2 heterocycles. The average molecular weight is 338 g/mol. The molecule has 0 amide bonds. The summed E-state index contributed by atoms with van der Waals surface area (Å²) >= 11 is 0. The molecule has 1 aliphatic heterocycles. The maximum atomic E-state index is 4.67. The molecule has 25 heavy (non-hydrogen) atoms. The predicted octanol–water partition coefficient (Wildman–Crippen LogP) is 2.80. The van der Waals surface area contributed by atoms with Gasteiger partial charge in [-0.05, 0) is 44.7 Å². The smallest absolute Gasteiger partial charge is 0.0641 e. The van der Waals surface area contributed by atoms with Gasteiger partial charge >= 0.3 is 0 Å². The molecule has 0 bridgehead atoms. The van der Waals surface area contributed by atoms with Crippen LogP contribution in [0.4, 0.5) is 0 Å². The molecule has 4 rings (SSSR count). The highest BCUT2D eigenvalue weighted by atomic mass is 15.3. The van der Waals surface area contributed by atoms with Gasteiger partial charge in [0, 0.05) is 56.6 Å². The van der Waals surface area contributed by atoms with Crippen LogP contribution < -0.4 is 0 Å². The Morgan fingerprint density at radius 1 is 1.00 bits per heavy atom. The van der Waals surface area contributed by atoms with Crippen molar-refractivity contribution in [2.24, 2.45) is 0 Å². The minimum atomic E-state index is 0.714. The summed E-state index contributed by atoms with van der Waals surface area (Å²) in [7, 11) is 0. The molecule has 1 fully saturated rings. The van der Waals surface area contributed by atoms with Crippen molar-refractivity contribution in [3.8, 4) is 0 Å². The van der Waals surface area contributed by atoms with Crippen molar-refractivity contribution in [2.45, 2.75) is 52.7 Å². The van der Waals surface area contributed by atoms with Gasteiger partial charge in [-0.2, -0.15) is 5.10 Å². The van der Waals surface area contributed by atoms with Crippen molar-refractivity contribution < 1.29 is 0 Å². The third-order valence-electron chi connectivity index (χ3n) is 6.17. The standard InChI is InChI=1S/C21H30N4/c1-4-25-17(3)21(16(2)22-25)15-23-9-11-24(12-10-23)20-13-18-7-5-6-8-19(18)14-20/h5-8,20H,4,9-15H2,1-3H3. The first kappa shape index (κ1) is 16.8. The Morgan fingerprint density at radius 2 is 1.64 bits per heavy atom. The van der Waals surface area contributed by atoms with Gasteiger partial charge in [-0.3, -0.25) is 14.5 Å². The lowest BCUT2D eigenvalue weighted by molar-refractivity contribution is 0.0947. The zero-order valence-corrected chi connectivity index (χ0v) is 15.8. The van der Waals surface area contributed by atoms with Gasteiger partial charge in [0.2, 0.25) is 0 Å². The number of nitrogens with zero attached hydrogens (tertiary/aromatic N) is 4. The van der Waals surface area contributed by atoms with E-state index in [0.717, 1.165) is 13.1 Å². The van der Waals surface area contributed by atoms with E-state index < -0.39 is 0 Å². The second kappa shape index (κ2) is 6.93. The zero-order valence-electron chi connectivity index (χ0n) is 15.8. The maximum absolute atomic E-state index is 4.67. The van der Waals surface area contributed by atoms with Crippen molar-refractivity contribution in [2.75, 3.05) is 26.2 Å². The first-order valence-corrected chi connectivity index (χ1v) is 9.71. The minimum absolute atomic E-state index is 0.714. The SMILES string of the molecule is CCn1nc(C)c(CN2CCN(C3Cc4ccccc4C3)CC2)c1C. The van der Waals surface area contributed by atoms with Crippen LogP contribution >= 0.6 is 0 Å². The predicted molar refractivity (Wildman–Crippen MR) is 102 cm³/mol. The third-order valence-corrected chi connectivity index (χ3v) is 6.17. The van der Waals surface area contributed by atoms with E-state index >= 15 is 0 Å². The number of rotatable bonds is 4. The minimum Gasteiger partial charge on any atom is -0.297 e. The van der Waals surface area contributed by atoms with E-state index in [2.05, 4.69) is 64.6 Å². The Balaban J connectivity index is 1.34. The summed E-state index contributed by atoms with van der Waals surface area (Å²) in [6.45, 7) is 13.3. The lowest BCUT2D eigenvalue weighted by atomic mass is 10.1. The number of piperazine rings is 1. The van der Waals surface area contributed by atoms with Crippen LogP contribution in [0.15, 0.2) is 24.3 Å². The van der Waals surface area contributed by atoms with Crippen molar-refractivity contribution in [1.29, 1.82) is 0 Å². The summed E-state index contributed by atoms with van der Waals surface area (Å²) in [5, 5.41) is 4.67. The molecule has 2 aliphatic rings. The normalized spacial score (nSPS) is 19.5. The van der Waals surface area contributed by atoms with Crippen molar-refractivity contribution in [3.63, 3.8) is 0 Å². The summed E-state index contributed by atoms with van der Waals surface area (Å²) in [4.78, 5) is 5.32.